The molecule has 0 aliphatic rings. The highest BCUT2D eigenvalue weighted by atomic mass is 35.5. The molecule has 0 aliphatic carbocycles. The summed E-state index contributed by atoms with van der Waals surface area (Å²) in [7, 11) is 1.92. The third kappa shape index (κ3) is 3.21. The SMILES string of the molecule is CNCc1cccc(Cl)c1Sc1ccccc1Cl. The monoisotopic (exact) mass is 297 g/mol. The smallest absolute Gasteiger partial charge is 0.0548 e. The predicted octanol–water partition coefficient (Wildman–Crippen LogP) is 4.86. The molecule has 0 aliphatic heterocycles. The molecule has 2 rings (SSSR count). The molecule has 0 saturated carbocycles. The highest BCUT2D eigenvalue weighted by Crippen LogP contribution is 2.38. The van der Waals surface area contributed by atoms with Crippen LogP contribution in [0.5, 0.6) is 0 Å². The highest BCUT2D eigenvalue weighted by molar-refractivity contribution is 7.99. The van der Waals surface area contributed by atoms with Gasteiger partial charge in [-0.2, -0.15) is 0 Å². The molecule has 18 heavy (non-hydrogen) atoms. The second-order valence-corrected chi connectivity index (χ2v) is 5.66. The zero-order valence-electron chi connectivity index (χ0n) is 9.91. The van der Waals surface area contributed by atoms with Gasteiger partial charge in [-0.25, -0.2) is 0 Å². The van der Waals surface area contributed by atoms with Crippen LogP contribution in [0.3, 0.4) is 0 Å². The fraction of sp³-hybridized carbons (Fsp3) is 0.143. The Hall–Kier alpha value is -0.670. The molecular weight excluding hydrogens is 285 g/mol. The Labute approximate surface area is 121 Å². The molecule has 2 aromatic carbocycles. The first-order valence-corrected chi connectivity index (χ1v) is 7.14. The maximum atomic E-state index is 6.28. The van der Waals surface area contributed by atoms with Crippen LogP contribution in [0.2, 0.25) is 10.0 Å². The van der Waals surface area contributed by atoms with E-state index in [2.05, 4.69) is 11.4 Å². The van der Waals surface area contributed by atoms with Gasteiger partial charge in [0.15, 0.2) is 0 Å². The van der Waals surface area contributed by atoms with Crippen LogP contribution in [0.4, 0.5) is 0 Å². The van der Waals surface area contributed by atoms with E-state index in [0.717, 1.165) is 26.4 Å². The van der Waals surface area contributed by atoms with Gasteiger partial charge in [-0.05, 0) is 30.8 Å². The first-order valence-electron chi connectivity index (χ1n) is 5.56. The molecule has 0 saturated heterocycles. The van der Waals surface area contributed by atoms with Gasteiger partial charge in [0.05, 0.1) is 10.0 Å². The topological polar surface area (TPSA) is 12.0 Å². The lowest BCUT2D eigenvalue weighted by Gasteiger charge is -2.11. The molecule has 0 heterocycles. The van der Waals surface area contributed by atoms with E-state index >= 15 is 0 Å². The summed E-state index contributed by atoms with van der Waals surface area (Å²) in [6.45, 7) is 0.785. The fourth-order valence-corrected chi connectivity index (χ4v) is 3.17. The zero-order chi connectivity index (χ0) is 13.0. The summed E-state index contributed by atoms with van der Waals surface area (Å²) in [5.74, 6) is 0. The Bertz CT molecular complexity index is 543. The highest BCUT2D eigenvalue weighted by Gasteiger charge is 2.10. The van der Waals surface area contributed by atoms with Crippen LogP contribution in [0.15, 0.2) is 52.3 Å². The van der Waals surface area contributed by atoms with Gasteiger partial charge >= 0.3 is 0 Å². The predicted molar refractivity (Wildman–Crippen MR) is 79.8 cm³/mol. The lowest BCUT2D eigenvalue weighted by Crippen LogP contribution is -2.06. The molecule has 0 aromatic heterocycles. The molecule has 2 aromatic rings. The minimum absolute atomic E-state index is 0.748. The molecule has 4 heteroatoms. The van der Waals surface area contributed by atoms with E-state index in [0.29, 0.717) is 0 Å². The van der Waals surface area contributed by atoms with Crippen molar-refractivity contribution in [3.05, 3.63) is 58.1 Å². The van der Waals surface area contributed by atoms with Gasteiger partial charge in [0.25, 0.3) is 0 Å². The van der Waals surface area contributed by atoms with Crippen LogP contribution in [0, 0.1) is 0 Å². The summed E-state index contributed by atoms with van der Waals surface area (Å²) in [5, 5.41) is 4.65. The van der Waals surface area contributed by atoms with E-state index in [1.54, 1.807) is 11.8 Å². The van der Waals surface area contributed by atoms with Crippen LogP contribution in [0.1, 0.15) is 5.56 Å². The molecule has 0 unspecified atom stereocenters. The van der Waals surface area contributed by atoms with Crippen LogP contribution in [-0.2, 0) is 6.54 Å². The van der Waals surface area contributed by atoms with E-state index < -0.39 is 0 Å². The van der Waals surface area contributed by atoms with Gasteiger partial charge in [0, 0.05) is 16.3 Å². The molecule has 0 bridgehead atoms. The van der Waals surface area contributed by atoms with E-state index in [9.17, 15) is 0 Å². The molecular formula is C14H13Cl2NS. The van der Waals surface area contributed by atoms with E-state index in [-0.39, 0.29) is 0 Å². The van der Waals surface area contributed by atoms with Crippen LogP contribution >= 0.6 is 35.0 Å². The standard InChI is InChI=1S/C14H13Cl2NS/c1-17-9-10-5-4-7-12(16)14(10)18-13-8-3-2-6-11(13)15/h2-8,17H,9H2,1H3. The Morgan fingerprint density at radius 1 is 1.00 bits per heavy atom. The second-order valence-electron chi connectivity index (χ2n) is 3.79. The van der Waals surface area contributed by atoms with Crippen molar-refractivity contribution in [3.8, 4) is 0 Å². The Morgan fingerprint density at radius 3 is 2.44 bits per heavy atom. The van der Waals surface area contributed by atoms with Crippen molar-refractivity contribution < 1.29 is 0 Å². The first kappa shape index (κ1) is 13.8. The molecule has 0 radical (unpaired) electrons. The number of benzene rings is 2. The lowest BCUT2D eigenvalue weighted by atomic mass is 10.2. The van der Waals surface area contributed by atoms with Crippen molar-refractivity contribution in [1.29, 1.82) is 0 Å². The Morgan fingerprint density at radius 2 is 1.72 bits per heavy atom. The summed E-state index contributed by atoms with van der Waals surface area (Å²) in [4.78, 5) is 2.08. The summed E-state index contributed by atoms with van der Waals surface area (Å²) in [6.07, 6.45) is 0. The normalized spacial score (nSPS) is 10.6. The van der Waals surface area contributed by atoms with Crippen molar-refractivity contribution in [1.82, 2.24) is 5.32 Å². The number of rotatable bonds is 4. The van der Waals surface area contributed by atoms with E-state index in [4.69, 9.17) is 23.2 Å². The summed E-state index contributed by atoms with van der Waals surface area (Å²) < 4.78 is 0. The molecule has 0 atom stereocenters. The second kappa shape index (κ2) is 6.48. The molecule has 0 fully saturated rings. The molecule has 94 valence electrons. The minimum atomic E-state index is 0.748. The number of halogens is 2. The van der Waals surface area contributed by atoms with Crippen LogP contribution < -0.4 is 5.32 Å². The van der Waals surface area contributed by atoms with Crippen molar-refractivity contribution in [2.45, 2.75) is 16.3 Å². The average molecular weight is 298 g/mol. The summed E-state index contributed by atoms with van der Waals surface area (Å²) >= 11 is 14.1. The quantitative estimate of drug-likeness (QED) is 0.864. The third-order valence-electron chi connectivity index (χ3n) is 2.46. The number of hydrogen-bond acceptors (Lipinski definition) is 2. The maximum absolute atomic E-state index is 6.28. The maximum Gasteiger partial charge on any atom is 0.0548 e. The molecule has 1 nitrogen and oxygen atoms in total. The van der Waals surface area contributed by atoms with Gasteiger partial charge in [-0.15, -0.1) is 0 Å². The van der Waals surface area contributed by atoms with E-state index in [1.165, 1.54) is 5.56 Å². The summed E-state index contributed by atoms with van der Waals surface area (Å²) in [5.41, 5.74) is 1.18. The fourth-order valence-electron chi connectivity index (χ4n) is 1.63. The minimum Gasteiger partial charge on any atom is -0.316 e. The van der Waals surface area contributed by atoms with Crippen molar-refractivity contribution >= 4 is 35.0 Å². The van der Waals surface area contributed by atoms with E-state index in [1.807, 2.05) is 43.4 Å². The first-order chi connectivity index (χ1) is 8.72. The Balaban J connectivity index is 2.36. The summed E-state index contributed by atoms with van der Waals surface area (Å²) in [6, 6.07) is 13.7. The third-order valence-corrected chi connectivity index (χ3v) is 4.60. The zero-order valence-corrected chi connectivity index (χ0v) is 12.2. The number of nitrogens with one attached hydrogen (secondary N) is 1. The van der Waals surface area contributed by atoms with Gasteiger partial charge in [0.2, 0.25) is 0 Å². The van der Waals surface area contributed by atoms with Gasteiger partial charge in [-0.1, -0.05) is 59.2 Å². The molecule has 1 N–H and O–H groups in total. The van der Waals surface area contributed by atoms with Crippen molar-refractivity contribution in [3.63, 3.8) is 0 Å². The van der Waals surface area contributed by atoms with Crippen molar-refractivity contribution in [2.24, 2.45) is 0 Å². The van der Waals surface area contributed by atoms with Crippen molar-refractivity contribution in [2.75, 3.05) is 7.05 Å². The average Bonchev–Trinajstić information content (AvgIpc) is 2.36. The Kier molecular flexibility index (Phi) is 4.95. The number of hydrogen-bond donors (Lipinski definition) is 1. The van der Waals surface area contributed by atoms with Crippen LogP contribution in [0.25, 0.3) is 0 Å². The van der Waals surface area contributed by atoms with Gasteiger partial charge in [0.1, 0.15) is 0 Å². The lowest BCUT2D eigenvalue weighted by molar-refractivity contribution is 0.803. The van der Waals surface area contributed by atoms with Gasteiger partial charge < -0.3 is 5.32 Å². The molecule has 0 amide bonds. The largest absolute Gasteiger partial charge is 0.316 e. The van der Waals surface area contributed by atoms with Gasteiger partial charge in [-0.3, -0.25) is 0 Å². The van der Waals surface area contributed by atoms with Crippen LogP contribution in [-0.4, -0.2) is 7.05 Å². The molecule has 0 spiro atoms.